The molecule has 0 bridgehead atoms. The van der Waals surface area contributed by atoms with Crippen LogP contribution in [0.3, 0.4) is 0 Å². The first-order valence-electron chi connectivity index (χ1n) is 5.65. The monoisotopic (exact) mass is 284 g/mol. The number of aromatic nitrogens is 1. The van der Waals surface area contributed by atoms with Crippen LogP contribution in [0.15, 0.2) is 39.8 Å². The smallest absolute Gasteiger partial charge is 0.240 e. The van der Waals surface area contributed by atoms with Crippen LogP contribution in [0, 0.1) is 12.7 Å². The molecule has 0 amide bonds. The van der Waals surface area contributed by atoms with Gasteiger partial charge in [-0.25, -0.2) is 17.5 Å². The molecule has 0 aliphatic carbocycles. The molecule has 2 rings (SSSR count). The van der Waals surface area contributed by atoms with Gasteiger partial charge >= 0.3 is 0 Å². The Bertz CT molecular complexity index is 650. The van der Waals surface area contributed by atoms with Gasteiger partial charge in [0.25, 0.3) is 0 Å². The zero-order valence-corrected chi connectivity index (χ0v) is 11.1. The number of sulfonamides is 1. The molecule has 0 radical (unpaired) electrons. The van der Waals surface area contributed by atoms with Gasteiger partial charge in [0.15, 0.2) is 0 Å². The van der Waals surface area contributed by atoms with E-state index in [1.807, 2.05) is 0 Å². The van der Waals surface area contributed by atoms with Crippen LogP contribution >= 0.6 is 0 Å². The number of rotatable bonds is 5. The van der Waals surface area contributed by atoms with E-state index in [1.165, 1.54) is 12.1 Å². The van der Waals surface area contributed by atoms with E-state index in [4.69, 9.17) is 4.52 Å². The number of nitrogens with one attached hydrogen (secondary N) is 1. The van der Waals surface area contributed by atoms with Crippen LogP contribution in [0.1, 0.15) is 11.5 Å². The number of nitrogens with zero attached hydrogens (tertiary/aromatic N) is 1. The molecule has 0 spiro atoms. The van der Waals surface area contributed by atoms with E-state index in [1.54, 1.807) is 13.0 Å². The molecule has 1 heterocycles. The first kappa shape index (κ1) is 13.7. The normalized spacial score (nSPS) is 11.7. The van der Waals surface area contributed by atoms with Crippen LogP contribution < -0.4 is 4.72 Å². The predicted octanol–water partition coefficient (Wildman–Crippen LogP) is 1.64. The average molecular weight is 284 g/mol. The van der Waals surface area contributed by atoms with E-state index >= 15 is 0 Å². The molecule has 0 aliphatic rings. The van der Waals surface area contributed by atoms with Crippen molar-refractivity contribution in [2.24, 2.45) is 0 Å². The summed E-state index contributed by atoms with van der Waals surface area (Å²) in [7, 11) is -3.62. The fraction of sp³-hybridized carbons (Fsp3) is 0.250. The summed E-state index contributed by atoms with van der Waals surface area (Å²) in [6.45, 7) is 1.98. The van der Waals surface area contributed by atoms with E-state index in [9.17, 15) is 12.8 Å². The highest BCUT2D eigenvalue weighted by Crippen LogP contribution is 2.09. The Hall–Kier alpha value is -1.73. The number of aryl methyl sites for hydroxylation is 1. The number of hydrogen-bond donors (Lipinski definition) is 1. The summed E-state index contributed by atoms with van der Waals surface area (Å²) in [5.41, 5.74) is 0.747. The molecule has 7 heteroatoms. The standard InChI is InChI=1S/C12H13FN2O3S/c1-9-8-11(18-15-9)6-7-14-19(16,17)12-4-2-10(13)3-5-12/h2-5,8,14H,6-7H2,1H3. The van der Waals surface area contributed by atoms with Crippen molar-refractivity contribution in [3.63, 3.8) is 0 Å². The second kappa shape index (κ2) is 5.50. The van der Waals surface area contributed by atoms with Crippen molar-refractivity contribution in [3.05, 3.63) is 47.6 Å². The SMILES string of the molecule is Cc1cc(CCNS(=O)(=O)c2ccc(F)cc2)on1. The van der Waals surface area contributed by atoms with E-state index in [0.29, 0.717) is 12.2 Å². The fourth-order valence-electron chi connectivity index (χ4n) is 1.54. The van der Waals surface area contributed by atoms with Crippen LogP contribution in [-0.2, 0) is 16.4 Å². The van der Waals surface area contributed by atoms with Crippen LogP contribution in [0.4, 0.5) is 4.39 Å². The van der Waals surface area contributed by atoms with E-state index in [-0.39, 0.29) is 11.4 Å². The Balaban J connectivity index is 1.96. The third-order valence-electron chi connectivity index (χ3n) is 2.46. The number of halogens is 1. The molecule has 19 heavy (non-hydrogen) atoms. The zero-order chi connectivity index (χ0) is 13.9. The lowest BCUT2D eigenvalue weighted by Gasteiger charge is -2.05. The van der Waals surface area contributed by atoms with Crippen LogP contribution in [0.25, 0.3) is 0 Å². The molecule has 0 aliphatic heterocycles. The van der Waals surface area contributed by atoms with Crippen molar-refractivity contribution in [1.82, 2.24) is 9.88 Å². The largest absolute Gasteiger partial charge is 0.361 e. The van der Waals surface area contributed by atoms with Gasteiger partial charge in [0.1, 0.15) is 11.6 Å². The van der Waals surface area contributed by atoms with Crippen LogP contribution in [-0.4, -0.2) is 20.1 Å². The topological polar surface area (TPSA) is 72.2 Å². The molecule has 5 nitrogen and oxygen atoms in total. The first-order valence-corrected chi connectivity index (χ1v) is 7.13. The fourth-order valence-corrected chi connectivity index (χ4v) is 2.57. The van der Waals surface area contributed by atoms with Crippen molar-refractivity contribution >= 4 is 10.0 Å². The van der Waals surface area contributed by atoms with Crippen LogP contribution in [0.5, 0.6) is 0 Å². The van der Waals surface area contributed by atoms with Gasteiger partial charge < -0.3 is 4.52 Å². The third-order valence-corrected chi connectivity index (χ3v) is 3.94. The molecule has 0 atom stereocenters. The van der Waals surface area contributed by atoms with Crippen molar-refractivity contribution in [3.8, 4) is 0 Å². The van der Waals surface area contributed by atoms with Crippen molar-refractivity contribution in [1.29, 1.82) is 0 Å². The molecule has 0 saturated carbocycles. The van der Waals surface area contributed by atoms with E-state index < -0.39 is 15.8 Å². The van der Waals surface area contributed by atoms with E-state index in [2.05, 4.69) is 9.88 Å². The first-order chi connectivity index (χ1) is 8.97. The van der Waals surface area contributed by atoms with Crippen LogP contribution in [0.2, 0.25) is 0 Å². The summed E-state index contributed by atoms with van der Waals surface area (Å²) in [5.74, 6) is 0.135. The van der Waals surface area contributed by atoms with Gasteiger partial charge in [-0.15, -0.1) is 0 Å². The van der Waals surface area contributed by atoms with Gasteiger partial charge in [-0.2, -0.15) is 0 Å². The Morgan fingerprint density at radius 3 is 2.58 bits per heavy atom. The number of hydrogen-bond acceptors (Lipinski definition) is 4. The molecule has 1 aromatic carbocycles. The minimum atomic E-state index is -3.62. The Labute approximate surface area is 110 Å². The molecular weight excluding hydrogens is 271 g/mol. The minimum Gasteiger partial charge on any atom is -0.361 e. The second-order valence-electron chi connectivity index (χ2n) is 4.04. The molecule has 2 aromatic rings. The Morgan fingerprint density at radius 2 is 2.00 bits per heavy atom. The summed E-state index contributed by atoms with van der Waals surface area (Å²) in [5, 5.41) is 3.71. The maximum absolute atomic E-state index is 12.7. The summed E-state index contributed by atoms with van der Waals surface area (Å²) in [6.07, 6.45) is 0.404. The average Bonchev–Trinajstić information content (AvgIpc) is 2.75. The molecule has 0 unspecified atom stereocenters. The van der Waals surface area contributed by atoms with Gasteiger partial charge in [0, 0.05) is 19.0 Å². The third kappa shape index (κ3) is 3.62. The summed E-state index contributed by atoms with van der Waals surface area (Å²) >= 11 is 0. The van der Waals surface area contributed by atoms with E-state index in [0.717, 1.165) is 17.8 Å². The van der Waals surface area contributed by atoms with Gasteiger partial charge in [-0.1, -0.05) is 5.16 Å². The molecule has 1 aromatic heterocycles. The summed E-state index contributed by atoms with van der Waals surface area (Å²) in [6, 6.07) is 6.39. The summed E-state index contributed by atoms with van der Waals surface area (Å²) < 4.78 is 43.8. The highest BCUT2D eigenvalue weighted by molar-refractivity contribution is 7.89. The molecule has 1 N–H and O–H groups in total. The Morgan fingerprint density at radius 1 is 1.32 bits per heavy atom. The molecule has 102 valence electrons. The van der Waals surface area contributed by atoms with Gasteiger partial charge in [0.05, 0.1) is 10.6 Å². The quantitative estimate of drug-likeness (QED) is 0.906. The maximum atomic E-state index is 12.7. The zero-order valence-electron chi connectivity index (χ0n) is 10.3. The highest BCUT2D eigenvalue weighted by Gasteiger charge is 2.13. The van der Waals surface area contributed by atoms with Gasteiger partial charge in [-0.3, -0.25) is 0 Å². The number of benzene rings is 1. The predicted molar refractivity (Wildman–Crippen MR) is 66.5 cm³/mol. The van der Waals surface area contributed by atoms with Gasteiger partial charge in [-0.05, 0) is 31.2 Å². The maximum Gasteiger partial charge on any atom is 0.240 e. The highest BCUT2D eigenvalue weighted by atomic mass is 32.2. The lowest BCUT2D eigenvalue weighted by Crippen LogP contribution is -2.25. The lowest BCUT2D eigenvalue weighted by atomic mass is 10.3. The Kier molecular flexibility index (Phi) is 3.96. The van der Waals surface area contributed by atoms with Gasteiger partial charge in [0.2, 0.25) is 10.0 Å². The minimum absolute atomic E-state index is 0.0302. The molecule has 0 saturated heterocycles. The molecule has 0 fully saturated rings. The lowest BCUT2D eigenvalue weighted by molar-refractivity contribution is 0.379. The van der Waals surface area contributed by atoms with Crippen molar-refractivity contribution in [2.75, 3.05) is 6.54 Å². The molecular formula is C12H13FN2O3S. The van der Waals surface area contributed by atoms with Crippen molar-refractivity contribution in [2.45, 2.75) is 18.2 Å². The second-order valence-corrected chi connectivity index (χ2v) is 5.80. The van der Waals surface area contributed by atoms with Crippen molar-refractivity contribution < 1.29 is 17.3 Å². The summed E-state index contributed by atoms with van der Waals surface area (Å²) in [4.78, 5) is 0.0302.